The van der Waals surface area contributed by atoms with Gasteiger partial charge in [0.25, 0.3) is 0 Å². The third kappa shape index (κ3) is 3.14. The molecule has 0 bridgehead atoms. The Balaban J connectivity index is 1.71. The predicted octanol–water partition coefficient (Wildman–Crippen LogP) is 0.334. The lowest BCUT2D eigenvalue weighted by molar-refractivity contribution is -0.130. The number of sulfone groups is 1. The lowest BCUT2D eigenvalue weighted by Gasteiger charge is -2.17. The SMILES string of the molecule is Cc1nccn1CC(=O)N1CC[C@@H](c2[nH]ncc2S(C)(=O)=O)C1. The summed E-state index contributed by atoms with van der Waals surface area (Å²) in [6.07, 6.45) is 6.67. The number of carbonyl (C=O) groups is 1. The van der Waals surface area contributed by atoms with Crippen LogP contribution >= 0.6 is 0 Å². The van der Waals surface area contributed by atoms with E-state index in [1.165, 1.54) is 12.5 Å². The molecule has 1 fully saturated rings. The van der Waals surface area contributed by atoms with E-state index in [4.69, 9.17) is 0 Å². The lowest BCUT2D eigenvalue weighted by Crippen LogP contribution is -2.32. The molecule has 0 radical (unpaired) electrons. The number of rotatable bonds is 4. The van der Waals surface area contributed by atoms with Gasteiger partial charge in [0.05, 0.1) is 11.9 Å². The van der Waals surface area contributed by atoms with Crippen molar-refractivity contribution in [1.82, 2.24) is 24.6 Å². The molecular weight excluding hydrogens is 318 g/mol. The zero-order chi connectivity index (χ0) is 16.6. The molecule has 9 heteroatoms. The molecular formula is C14H19N5O3S. The molecule has 0 aliphatic carbocycles. The van der Waals surface area contributed by atoms with Crippen LogP contribution in [0.25, 0.3) is 0 Å². The Bertz CT molecular complexity index is 823. The molecule has 1 amide bonds. The summed E-state index contributed by atoms with van der Waals surface area (Å²) in [5.41, 5.74) is 0.599. The van der Waals surface area contributed by atoms with Gasteiger partial charge >= 0.3 is 0 Å². The van der Waals surface area contributed by atoms with Crippen molar-refractivity contribution in [2.45, 2.75) is 30.7 Å². The molecule has 0 unspecified atom stereocenters. The summed E-state index contributed by atoms with van der Waals surface area (Å²) in [6, 6.07) is 0. The van der Waals surface area contributed by atoms with Crippen molar-refractivity contribution < 1.29 is 13.2 Å². The number of H-pyrrole nitrogens is 1. The zero-order valence-corrected chi connectivity index (χ0v) is 13.9. The molecule has 1 saturated heterocycles. The molecule has 1 aliphatic heterocycles. The molecule has 0 spiro atoms. The third-order valence-electron chi connectivity index (χ3n) is 4.21. The number of carbonyl (C=O) groups excluding carboxylic acids is 1. The fourth-order valence-electron chi connectivity index (χ4n) is 2.91. The van der Waals surface area contributed by atoms with Crippen LogP contribution in [0.1, 0.15) is 23.9 Å². The summed E-state index contributed by atoms with van der Waals surface area (Å²) < 4.78 is 25.4. The van der Waals surface area contributed by atoms with Gasteiger partial charge in [0.1, 0.15) is 17.3 Å². The van der Waals surface area contributed by atoms with Crippen molar-refractivity contribution in [2.75, 3.05) is 19.3 Å². The molecule has 124 valence electrons. The van der Waals surface area contributed by atoms with Crippen LogP contribution in [0.4, 0.5) is 0 Å². The Morgan fingerprint density at radius 1 is 1.48 bits per heavy atom. The van der Waals surface area contributed by atoms with E-state index in [2.05, 4.69) is 15.2 Å². The number of aromatic amines is 1. The maximum Gasteiger partial charge on any atom is 0.242 e. The zero-order valence-electron chi connectivity index (χ0n) is 13.1. The van der Waals surface area contributed by atoms with Gasteiger partial charge in [-0.25, -0.2) is 13.4 Å². The van der Waals surface area contributed by atoms with Gasteiger partial charge in [0.15, 0.2) is 9.84 Å². The van der Waals surface area contributed by atoms with E-state index in [9.17, 15) is 13.2 Å². The van der Waals surface area contributed by atoms with Gasteiger partial charge in [-0.2, -0.15) is 5.10 Å². The standard InChI is InChI=1S/C14H19N5O3S/c1-10-15-4-6-18(10)9-13(20)19-5-3-11(8-19)14-12(7-16-17-14)23(2,21)22/h4,6-7,11H,3,5,8-9H2,1-2H3,(H,16,17)/t11-/m1/s1. The van der Waals surface area contributed by atoms with E-state index in [1.807, 2.05) is 6.92 Å². The van der Waals surface area contributed by atoms with Crippen LogP contribution < -0.4 is 0 Å². The highest BCUT2D eigenvalue weighted by molar-refractivity contribution is 7.90. The Morgan fingerprint density at radius 3 is 2.91 bits per heavy atom. The Morgan fingerprint density at radius 2 is 2.26 bits per heavy atom. The fourth-order valence-corrected chi connectivity index (χ4v) is 3.77. The monoisotopic (exact) mass is 337 g/mol. The van der Waals surface area contributed by atoms with E-state index in [1.54, 1.807) is 21.9 Å². The summed E-state index contributed by atoms with van der Waals surface area (Å²) in [4.78, 5) is 18.5. The number of hydrogen-bond donors (Lipinski definition) is 1. The molecule has 3 rings (SSSR count). The van der Waals surface area contributed by atoms with Crippen molar-refractivity contribution >= 4 is 15.7 Å². The van der Waals surface area contributed by atoms with Crippen molar-refractivity contribution in [3.8, 4) is 0 Å². The Labute approximate surface area is 134 Å². The van der Waals surface area contributed by atoms with Crippen LogP contribution in [0.2, 0.25) is 0 Å². The molecule has 8 nitrogen and oxygen atoms in total. The minimum atomic E-state index is -3.32. The second-order valence-corrected chi connectivity index (χ2v) is 7.83. The van der Waals surface area contributed by atoms with Crippen LogP contribution in [-0.4, -0.2) is 58.3 Å². The van der Waals surface area contributed by atoms with Gasteiger partial charge < -0.3 is 9.47 Å². The predicted molar refractivity (Wildman–Crippen MR) is 82.6 cm³/mol. The van der Waals surface area contributed by atoms with E-state index in [0.29, 0.717) is 18.8 Å². The second-order valence-electron chi connectivity index (χ2n) is 5.85. The summed E-state index contributed by atoms with van der Waals surface area (Å²) >= 11 is 0. The summed E-state index contributed by atoms with van der Waals surface area (Å²) in [5.74, 6) is 0.770. The number of amides is 1. The van der Waals surface area contributed by atoms with E-state index in [0.717, 1.165) is 12.2 Å². The maximum absolute atomic E-state index is 12.4. The van der Waals surface area contributed by atoms with Gasteiger partial charge in [-0.3, -0.25) is 9.89 Å². The Hall–Kier alpha value is -2.16. The average molecular weight is 337 g/mol. The van der Waals surface area contributed by atoms with Crippen LogP contribution in [0, 0.1) is 6.92 Å². The Kier molecular flexibility index (Phi) is 3.97. The third-order valence-corrected chi connectivity index (χ3v) is 5.33. The topological polar surface area (TPSA) is 101 Å². The minimum Gasteiger partial charge on any atom is -0.340 e. The highest BCUT2D eigenvalue weighted by atomic mass is 32.2. The van der Waals surface area contributed by atoms with Gasteiger partial charge in [-0.1, -0.05) is 0 Å². The first-order chi connectivity index (χ1) is 10.9. The average Bonchev–Trinajstić information content (AvgIpc) is 3.17. The lowest BCUT2D eigenvalue weighted by atomic mass is 10.1. The van der Waals surface area contributed by atoms with Crippen molar-refractivity contribution in [1.29, 1.82) is 0 Å². The van der Waals surface area contributed by atoms with E-state index in [-0.39, 0.29) is 23.3 Å². The number of hydrogen-bond acceptors (Lipinski definition) is 5. The largest absolute Gasteiger partial charge is 0.340 e. The van der Waals surface area contributed by atoms with Gasteiger partial charge in [0, 0.05) is 37.7 Å². The first-order valence-corrected chi connectivity index (χ1v) is 9.24. The highest BCUT2D eigenvalue weighted by Crippen LogP contribution is 2.30. The van der Waals surface area contributed by atoms with Crippen molar-refractivity contribution in [3.05, 3.63) is 30.1 Å². The molecule has 2 aromatic heterocycles. The van der Waals surface area contributed by atoms with Crippen molar-refractivity contribution in [2.24, 2.45) is 0 Å². The van der Waals surface area contributed by atoms with Gasteiger partial charge in [0.2, 0.25) is 5.91 Å². The van der Waals surface area contributed by atoms with Gasteiger partial charge in [-0.05, 0) is 13.3 Å². The molecule has 1 atom stereocenters. The smallest absolute Gasteiger partial charge is 0.242 e. The maximum atomic E-state index is 12.4. The number of aryl methyl sites for hydroxylation is 1. The van der Waals surface area contributed by atoms with Gasteiger partial charge in [-0.15, -0.1) is 0 Å². The molecule has 1 N–H and O–H groups in total. The fraction of sp³-hybridized carbons (Fsp3) is 0.500. The summed E-state index contributed by atoms with van der Waals surface area (Å²) in [7, 11) is -3.32. The summed E-state index contributed by atoms with van der Waals surface area (Å²) in [5, 5.41) is 6.64. The summed E-state index contributed by atoms with van der Waals surface area (Å²) in [6.45, 7) is 3.21. The number of nitrogens with zero attached hydrogens (tertiary/aromatic N) is 4. The molecule has 0 saturated carbocycles. The molecule has 23 heavy (non-hydrogen) atoms. The normalized spacial score (nSPS) is 18.5. The van der Waals surface area contributed by atoms with E-state index < -0.39 is 9.84 Å². The highest BCUT2D eigenvalue weighted by Gasteiger charge is 2.31. The first kappa shape index (κ1) is 15.7. The van der Waals surface area contributed by atoms with E-state index >= 15 is 0 Å². The number of nitrogens with one attached hydrogen (secondary N) is 1. The van der Waals surface area contributed by atoms with Crippen LogP contribution in [0.15, 0.2) is 23.5 Å². The number of aromatic nitrogens is 4. The minimum absolute atomic E-state index is 0.00835. The quantitative estimate of drug-likeness (QED) is 0.867. The number of likely N-dealkylation sites (tertiary alicyclic amines) is 1. The van der Waals surface area contributed by atoms with Crippen LogP contribution in [0.3, 0.4) is 0 Å². The molecule has 3 heterocycles. The molecule has 2 aromatic rings. The number of imidazole rings is 1. The van der Waals surface area contributed by atoms with Crippen molar-refractivity contribution in [3.63, 3.8) is 0 Å². The van der Waals surface area contributed by atoms with Crippen LogP contribution in [-0.2, 0) is 21.2 Å². The second kappa shape index (κ2) is 5.80. The van der Waals surface area contributed by atoms with Crippen LogP contribution in [0.5, 0.6) is 0 Å². The first-order valence-electron chi connectivity index (χ1n) is 7.35. The molecule has 1 aliphatic rings. The molecule has 0 aromatic carbocycles.